The summed E-state index contributed by atoms with van der Waals surface area (Å²) in [5.74, 6) is -0.336. The molecule has 1 fully saturated rings. The molecule has 128 valence electrons. The second kappa shape index (κ2) is 8.99. The minimum absolute atomic E-state index is 0.0903. The van der Waals surface area contributed by atoms with E-state index in [0.717, 1.165) is 12.8 Å². The van der Waals surface area contributed by atoms with Gasteiger partial charge in [-0.25, -0.2) is 4.39 Å². The molecule has 0 bridgehead atoms. The van der Waals surface area contributed by atoms with E-state index in [9.17, 15) is 14.3 Å². The van der Waals surface area contributed by atoms with Gasteiger partial charge >= 0.3 is 0 Å². The van der Waals surface area contributed by atoms with Gasteiger partial charge in [-0.2, -0.15) is 0 Å². The average Bonchev–Trinajstić information content (AvgIpc) is 2.59. The number of ether oxygens (including phenoxy) is 1. The number of hydrogen-bond donors (Lipinski definition) is 2. The molecule has 23 heavy (non-hydrogen) atoms. The van der Waals surface area contributed by atoms with Crippen molar-refractivity contribution in [1.29, 1.82) is 0 Å². The van der Waals surface area contributed by atoms with Gasteiger partial charge in [-0.15, -0.1) is 0 Å². The first-order chi connectivity index (χ1) is 11.1. The molecule has 2 rings (SSSR count). The van der Waals surface area contributed by atoms with Gasteiger partial charge in [0.15, 0.2) is 0 Å². The van der Waals surface area contributed by atoms with E-state index in [1.165, 1.54) is 6.07 Å². The third-order valence-electron chi connectivity index (χ3n) is 4.55. The molecule has 2 N–H and O–H groups in total. The highest BCUT2D eigenvalue weighted by Gasteiger charge is 2.23. The first-order valence-electron chi connectivity index (χ1n) is 8.35. The molecular formula is C18H26FNO3. The fourth-order valence-electron chi connectivity index (χ4n) is 2.85. The maximum atomic E-state index is 13.6. The highest BCUT2D eigenvalue weighted by atomic mass is 19.1. The molecule has 0 unspecified atom stereocenters. The van der Waals surface area contributed by atoms with Crippen molar-refractivity contribution < 1.29 is 19.0 Å². The Morgan fingerprint density at radius 2 is 2.09 bits per heavy atom. The third-order valence-corrected chi connectivity index (χ3v) is 4.55. The fraction of sp³-hybridized carbons (Fsp3) is 0.611. The Bertz CT molecular complexity index is 503. The van der Waals surface area contributed by atoms with E-state index in [1.54, 1.807) is 18.2 Å². The number of amides is 1. The lowest BCUT2D eigenvalue weighted by atomic mass is 9.93. The zero-order valence-electron chi connectivity index (χ0n) is 13.6. The maximum absolute atomic E-state index is 13.6. The molecule has 0 spiro atoms. The molecule has 1 amide bonds. The van der Waals surface area contributed by atoms with Crippen LogP contribution in [0.1, 0.15) is 31.7 Å². The Morgan fingerprint density at radius 3 is 2.78 bits per heavy atom. The fourth-order valence-corrected chi connectivity index (χ4v) is 2.85. The van der Waals surface area contributed by atoms with Crippen LogP contribution in [0.25, 0.3) is 0 Å². The lowest BCUT2D eigenvalue weighted by molar-refractivity contribution is -0.125. The van der Waals surface area contributed by atoms with Crippen LogP contribution in [0.5, 0.6) is 0 Å². The third kappa shape index (κ3) is 5.59. The molecule has 1 aliphatic rings. The molecule has 0 aromatic heterocycles. The molecule has 4 nitrogen and oxygen atoms in total. The number of rotatable bonds is 7. The van der Waals surface area contributed by atoms with Crippen LogP contribution < -0.4 is 5.32 Å². The highest BCUT2D eigenvalue weighted by Crippen LogP contribution is 2.18. The number of aryl methyl sites for hydroxylation is 1. The number of benzene rings is 1. The van der Waals surface area contributed by atoms with E-state index >= 15 is 0 Å². The monoisotopic (exact) mass is 323 g/mol. The van der Waals surface area contributed by atoms with Gasteiger partial charge in [0.05, 0.1) is 6.10 Å². The van der Waals surface area contributed by atoms with Crippen molar-refractivity contribution in [3.63, 3.8) is 0 Å². The number of aliphatic hydroxyl groups excluding tert-OH is 1. The molecule has 0 radical (unpaired) electrons. The van der Waals surface area contributed by atoms with E-state index in [0.29, 0.717) is 31.6 Å². The molecule has 0 aliphatic carbocycles. The molecule has 1 saturated heterocycles. The number of carbonyl (C=O) groups excluding carboxylic acids is 1. The summed E-state index contributed by atoms with van der Waals surface area (Å²) in [5.41, 5.74) is 0.634. The first-order valence-corrected chi connectivity index (χ1v) is 8.35. The predicted molar refractivity (Wildman–Crippen MR) is 86.4 cm³/mol. The van der Waals surface area contributed by atoms with Gasteiger partial charge in [0.2, 0.25) is 5.91 Å². The lowest BCUT2D eigenvalue weighted by Crippen LogP contribution is -2.40. The van der Waals surface area contributed by atoms with Crippen LogP contribution in [-0.4, -0.2) is 36.9 Å². The number of hydrogen-bond acceptors (Lipinski definition) is 3. The lowest BCUT2D eigenvalue weighted by Gasteiger charge is -2.27. The van der Waals surface area contributed by atoms with Gasteiger partial charge in [-0.05, 0) is 43.2 Å². The van der Waals surface area contributed by atoms with E-state index in [-0.39, 0.29) is 30.1 Å². The molecule has 0 saturated carbocycles. The Kier molecular flexibility index (Phi) is 6.99. The van der Waals surface area contributed by atoms with Gasteiger partial charge in [0.1, 0.15) is 5.82 Å². The van der Waals surface area contributed by atoms with Crippen LogP contribution in [0.3, 0.4) is 0 Å². The van der Waals surface area contributed by atoms with Gasteiger partial charge < -0.3 is 15.2 Å². The standard InChI is InChI=1S/C18H26FNO3/c1-13(6-7-14-4-2-3-5-16(14)19)18(22)20-12-17(21)15-8-10-23-11-9-15/h2-5,13,15,17,21H,6-12H2,1H3,(H,20,22)/t13-,17+/m1/s1. The van der Waals surface area contributed by atoms with Crippen LogP contribution in [0.4, 0.5) is 4.39 Å². The zero-order chi connectivity index (χ0) is 16.7. The maximum Gasteiger partial charge on any atom is 0.222 e. The van der Waals surface area contributed by atoms with E-state index in [1.807, 2.05) is 6.92 Å². The number of aliphatic hydroxyl groups is 1. The van der Waals surface area contributed by atoms with Crippen molar-refractivity contribution >= 4 is 5.91 Å². The van der Waals surface area contributed by atoms with Gasteiger partial charge in [0, 0.05) is 25.7 Å². The minimum atomic E-state index is -0.526. The summed E-state index contributed by atoms with van der Waals surface area (Å²) in [4.78, 5) is 12.1. The largest absolute Gasteiger partial charge is 0.391 e. The highest BCUT2D eigenvalue weighted by molar-refractivity contribution is 5.78. The first kappa shape index (κ1) is 17.9. The van der Waals surface area contributed by atoms with Crippen LogP contribution >= 0.6 is 0 Å². The zero-order valence-corrected chi connectivity index (χ0v) is 13.6. The summed E-state index contributed by atoms with van der Waals surface area (Å²) in [7, 11) is 0. The summed E-state index contributed by atoms with van der Waals surface area (Å²) < 4.78 is 18.8. The molecule has 1 heterocycles. The molecule has 1 aliphatic heterocycles. The predicted octanol–water partition coefficient (Wildman–Crippen LogP) is 2.30. The van der Waals surface area contributed by atoms with Crippen LogP contribution in [-0.2, 0) is 16.0 Å². The number of nitrogens with one attached hydrogen (secondary N) is 1. The van der Waals surface area contributed by atoms with Crippen LogP contribution in [0.15, 0.2) is 24.3 Å². The average molecular weight is 323 g/mol. The Hall–Kier alpha value is -1.46. The second-order valence-corrected chi connectivity index (χ2v) is 6.29. The summed E-state index contributed by atoms with van der Waals surface area (Å²) in [5, 5.41) is 12.9. The van der Waals surface area contributed by atoms with Crippen molar-refractivity contribution in [3.8, 4) is 0 Å². The van der Waals surface area contributed by atoms with Crippen molar-refractivity contribution in [2.75, 3.05) is 19.8 Å². The summed E-state index contributed by atoms with van der Waals surface area (Å²) in [6, 6.07) is 6.64. The summed E-state index contributed by atoms with van der Waals surface area (Å²) in [6.45, 7) is 3.45. The van der Waals surface area contributed by atoms with E-state index in [2.05, 4.69) is 5.32 Å². The molecule has 1 aromatic rings. The Morgan fingerprint density at radius 1 is 1.39 bits per heavy atom. The topological polar surface area (TPSA) is 58.6 Å². The normalized spacial score (nSPS) is 18.4. The quantitative estimate of drug-likeness (QED) is 0.809. The molecule has 5 heteroatoms. The smallest absolute Gasteiger partial charge is 0.222 e. The summed E-state index contributed by atoms with van der Waals surface area (Å²) >= 11 is 0. The van der Waals surface area contributed by atoms with Gasteiger partial charge in [-0.3, -0.25) is 4.79 Å². The van der Waals surface area contributed by atoms with Crippen molar-refractivity contribution in [2.24, 2.45) is 11.8 Å². The van der Waals surface area contributed by atoms with Crippen molar-refractivity contribution in [2.45, 2.75) is 38.7 Å². The van der Waals surface area contributed by atoms with Crippen LogP contribution in [0.2, 0.25) is 0 Å². The molecular weight excluding hydrogens is 297 g/mol. The van der Waals surface area contributed by atoms with Gasteiger partial charge in [0.25, 0.3) is 0 Å². The second-order valence-electron chi connectivity index (χ2n) is 6.29. The summed E-state index contributed by atoms with van der Waals surface area (Å²) in [6.07, 6.45) is 2.26. The van der Waals surface area contributed by atoms with Crippen molar-refractivity contribution in [3.05, 3.63) is 35.6 Å². The Labute approximate surface area is 137 Å². The number of halogens is 1. The van der Waals surface area contributed by atoms with E-state index in [4.69, 9.17) is 4.74 Å². The molecule has 1 aromatic carbocycles. The van der Waals surface area contributed by atoms with E-state index < -0.39 is 6.10 Å². The van der Waals surface area contributed by atoms with Gasteiger partial charge in [-0.1, -0.05) is 25.1 Å². The van der Waals surface area contributed by atoms with Crippen molar-refractivity contribution in [1.82, 2.24) is 5.32 Å². The minimum Gasteiger partial charge on any atom is -0.391 e. The number of carbonyl (C=O) groups is 1. The van der Waals surface area contributed by atoms with Crippen LogP contribution in [0, 0.1) is 17.7 Å². The SMILES string of the molecule is C[C@H](CCc1ccccc1F)C(=O)NC[C@H](O)C1CCOCC1. The Balaban J connectivity index is 1.71. The molecule has 2 atom stereocenters.